The number of methoxy groups -OCH3 is 2. The molecule has 1 aromatic carbocycles. The van der Waals surface area contributed by atoms with Gasteiger partial charge < -0.3 is 9.47 Å². The first-order valence-corrected chi connectivity index (χ1v) is 6.40. The normalized spacial score (nSPS) is 27.8. The maximum absolute atomic E-state index is 5.41. The van der Waals surface area contributed by atoms with Gasteiger partial charge >= 0.3 is 0 Å². The molecule has 0 aliphatic carbocycles. The molecule has 18 heavy (non-hydrogen) atoms. The van der Waals surface area contributed by atoms with Gasteiger partial charge in [-0.05, 0) is 57.5 Å². The lowest BCUT2D eigenvalue weighted by atomic mass is 9.74. The van der Waals surface area contributed by atoms with Gasteiger partial charge in [-0.1, -0.05) is 0 Å². The minimum absolute atomic E-state index is 0.114. The van der Waals surface area contributed by atoms with E-state index in [2.05, 4.69) is 44.9 Å². The van der Waals surface area contributed by atoms with Crippen LogP contribution in [0.25, 0.3) is 0 Å². The number of hydrogen-bond donors (Lipinski definition) is 0. The van der Waals surface area contributed by atoms with Gasteiger partial charge in [-0.25, -0.2) is 0 Å². The van der Waals surface area contributed by atoms with Crippen molar-refractivity contribution < 1.29 is 9.47 Å². The Morgan fingerprint density at radius 2 is 1.78 bits per heavy atom. The molecule has 0 radical (unpaired) electrons. The van der Waals surface area contributed by atoms with Crippen molar-refractivity contribution in [3.63, 3.8) is 0 Å². The first-order valence-electron chi connectivity index (χ1n) is 6.40. The molecule has 100 valence electrons. The first kappa shape index (κ1) is 13.2. The molecule has 1 aromatic rings. The third kappa shape index (κ3) is 1.77. The number of benzene rings is 1. The maximum Gasteiger partial charge on any atom is 0.161 e. The van der Waals surface area contributed by atoms with E-state index < -0.39 is 0 Å². The predicted octanol–water partition coefficient (Wildman–Crippen LogP) is 2.95. The average Bonchev–Trinajstić information content (AvgIpc) is 2.37. The highest BCUT2D eigenvalue weighted by molar-refractivity contribution is 5.50. The van der Waals surface area contributed by atoms with E-state index in [4.69, 9.17) is 9.47 Å². The molecular formula is C15H23NO2. The topological polar surface area (TPSA) is 21.7 Å². The van der Waals surface area contributed by atoms with Gasteiger partial charge in [0, 0.05) is 11.6 Å². The Bertz CT molecular complexity index is 458. The first-order chi connectivity index (χ1) is 8.43. The van der Waals surface area contributed by atoms with Crippen molar-refractivity contribution in [1.82, 2.24) is 4.90 Å². The molecule has 1 aliphatic heterocycles. The fourth-order valence-electron chi connectivity index (χ4n) is 3.09. The maximum atomic E-state index is 5.41. The molecule has 0 N–H and O–H groups in total. The van der Waals surface area contributed by atoms with Gasteiger partial charge in [-0.3, -0.25) is 4.90 Å². The van der Waals surface area contributed by atoms with Crippen molar-refractivity contribution in [3.05, 3.63) is 23.3 Å². The summed E-state index contributed by atoms with van der Waals surface area (Å²) in [6, 6.07) is 4.83. The third-order valence-corrected chi connectivity index (χ3v) is 4.44. The molecule has 2 rings (SSSR count). The molecular weight excluding hydrogens is 226 g/mol. The van der Waals surface area contributed by atoms with Crippen LogP contribution in [0.5, 0.6) is 11.5 Å². The Hall–Kier alpha value is -1.22. The van der Waals surface area contributed by atoms with Gasteiger partial charge in [0.2, 0.25) is 0 Å². The van der Waals surface area contributed by atoms with Gasteiger partial charge in [0.1, 0.15) is 0 Å². The minimum atomic E-state index is 0.114. The van der Waals surface area contributed by atoms with Gasteiger partial charge in [-0.2, -0.15) is 0 Å². The molecule has 3 nitrogen and oxygen atoms in total. The number of hydrogen-bond acceptors (Lipinski definition) is 3. The Morgan fingerprint density at radius 3 is 2.22 bits per heavy atom. The second-order valence-corrected chi connectivity index (χ2v) is 5.46. The smallest absolute Gasteiger partial charge is 0.161 e. The molecule has 0 saturated carbocycles. The standard InChI is InChI=1S/C15H23NO2/c1-10-7-13(17-5)14(18-6)8-12(10)15(3)9-11(2)16(15)4/h7-8,11H,9H2,1-6H3. The van der Waals surface area contributed by atoms with Crippen LogP contribution < -0.4 is 9.47 Å². The van der Waals surface area contributed by atoms with Gasteiger partial charge in [0.25, 0.3) is 0 Å². The molecule has 1 heterocycles. The monoisotopic (exact) mass is 249 g/mol. The van der Waals surface area contributed by atoms with E-state index in [0.717, 1.165) is 11.5 Å². The van der Waals surface area contributed by atoms with Crippen LogP contribution in [0.3, 0.4) is 0 Å². The molecule has 2 atom stereocenters. The van der Waals surface area contributed by atoms with E-state index in [1.165, 1.54) is 17.5 Å². The molecule has 1 aliphatic rings. The highest BCUT2D eigenvalue weighted by Crippen LogP contribution is 2.46. The Labute approximate surface area is 110 Å². The van der Waals surface area contributed by atoms with Crippen molar-refractivity contribution in [1.29, 1.82) is 0 Å². The summed E-state index contributed by atoms with van der Waals surface area (Å²) in [6.45, 7) is 6.69. The number of rotatable bonds is 3. The van der Waals surface area contributed by atoms with Crippen LogP contribution in [0.4, 0.5) is 0 Å². The zero-order valence-electron chi connectivity index (χ0n) is 12.2. The van der Waals surface area contributed by atoms with E-state index in [0.29, 0.717) is 6.04 Å². The second-order valence-electron chi connectivity index (χ2n) is 5.46. The number of likely N-dealkylation sites (tertiary alicyclic amines) is 1. The number of aryl methyl sites for hydroxylation is 1. The van der Waals surface area contributed by atoms with E-state index in [-0.39, 0.29) is 5.54 Å². The highest BCUT2D eigenvalue weighted by atomic mass is 16.5. The fraction of sp³-hybridized carbons (Fsp3) is 0.600. The van der Waals surface area contributed by atoms with Crippen molar-refractivity contribution >= 4 is 0 Å². The van der Waals surface area contributed by atoms with Crippen molar-refractivity contribution in [3.8, 4) is 11.5 Å². The lowest BCUT2D eigenvalue weighted by Gasteiger charge is -2.55. The number of nitrogens with zero attached hydrogens (tertiary/aromatic N) is 1. The SMILES string of the molecule is COc1cc(C)c(C2(C)CC(C)N2C)cc1OC. The van der Waals surface area contributed by atoms with Gasteiger partial charge in [-0.15, -0.1) is 0 Å². The Balaban J connectivity index is 2.46. The molecule has 0 spiro atoms. The minimum Gasteiger partial charge on any atom is -0.493 e. The average molecular weight is 249 g/mol. The second kappa shape index (κ2) is 4.47. The van der Waals surface area contributed by atoms with Crippen LogP contribution in [-0.2, 0) is 5.54 Å². The van der Waals surface area contributed by atoms with Crippen molar-refractivity contribution in [2.24, 2.45) is 0 Å². The van der Waals surface area contributed by atoms with E-state index >= 15 is 0 Å². The summed E-state index contributed by atoms with van der Waals surface area (Å²) in [5, 5.41) is 0. The summed E-state index contributed by atoms with van der Waals surface area (Å²) >= 11 is 0. The molecule has 1 saturated heterocycles. The molecule has 0 aromatic heterocycles. The summed E-state index contributed by atoms with van der Waals surface area (Å²) in [5.41, 5.74) is 2.71. The Morgan fingerprint density at radius 1 is 1.22 bits per heavy atom. The molecule has 0 amide bonds. The lowest BCUT2D eigenvalue weighted by Crippen LogP contribution is -2.58. The fourth-order valence-corrected chi connectivity index (χ4v) is 3.09. The Kier molecular flexibility index (Phi) is 3.28. The van der Waals surface area contributed by atoms with Crippen LogP contribution in [0.15, 0.2) is 12.1 Å². The summed E-state index contributed by atoms with van der Waals surface area (Å²) in [4.78, 5) is 2.42. The molecule has 1 fully saturated rings. The zero-order chi connectivity index (χ0) is 13.5. The van der Waals surface area contributed by atoms with Crippen LogP contribution in [0.2, 0.25) is 0 Å². The van der Waals surface area contributed by atoms with Crippen LogP contribution >= 0.6 is 0 Å². The molecule has 0 bridgehead atoms. The summed E-state index contributed by atoms with van der Waals surface area (Å²) in [7, 11) is 5.55. The van der Waals surface area contributed by atoms with Gasteiger partial charge in [0.05, 0.1) is 14.2 Å². The summed E-state index contributed by atoms with van der Waals surface area (Å²) < 4.78 is 10.8. The van der Waals surface area contributed by atoms with E-state index in [1.54, 1.807) is 14.2 Å². The quantitative estimate of drug-likeness (QED) is 0.822. The predicted molar refractivity (Wildman–Crippen MR) is 73.5 cm³/mol. The van der Waals surface area contributed by atoms with E-state index in [1.807, 2.05) is 0 Å². The van der Waals surface area contributed by atoms with E-state index in [9.17, 15) is 0 Å². The molecule has 2 unspecified atom stereocenters. The van der Waals surface area contributed by atoms with Crippen LogP contribution in [0.1, 0.15) is 31.4 Å². The van der Waals surface area contributed by atoms with Crippen LogP contribution in [0, 0.1) is 6.92 Å². The third-order valence-electron chi connectivity index (χ3n) is 4.44. The zero-order valence-corrected chi connectivity index (χ0v) is 12.2. The van der Waals surface area contributed by atoms with Crippen molar-refractivity contribution in [2.75, 3.05) is 21.3 Å². The highest BCUT2D eigenvalue weighted by Gasteiger charge is 2.45. The van der Waals surface area contributed by atoms with Crippen molar-refractivity contribution in [2.45, 2.75) is 38.8 Å². The summed E-state index contributed by atoms with van der Waals surface area (Å²) in [5.74, 6) is 1.62. The summed E-state index contributed by atoms with van der Waals surface area (Å²) in [6.07, 6.45) is 1.18. The lowest BCUT2D eigenvalue weighted by molar-refractivity contribution is -0.0341. The molecule has 3 heteroatoms. The van der Waals surface area contributed by atoms with Gasteiger partial charge in [0.15, 0.2) is 11.5 Å². The van der Waals surface area contributed by atoms with Crippen LogP contribution in [-0.4, -0.2) is 32.2 Å². The largest absolute Gasteiger partial charge is 0.493 e. The number of ether oxygens (including phenoxy) is 2.